The van der Waals surface area contributed by atoms with Gasteiger partial charge in [0.05, 0.1) is 63.7 Å². The molecule has 0 radical (unpaired) electrons. The highest BCUT2D eigenvalue weighted by molar-refractivity contribution is 9.10. The molecule has 3 fully saturated rings. The number of carbonyl (C=O) groups excluding carboxylic acids is 2. The van der Waals surface area contributed by atoms with Crippen LogP contribution in [0.5, 0.6) is 40.2 Å². The Balaban J connectivity index is 0.000000149. The fraction of sp³-hybridized carbons (Fsp3) is 0.262. The third kappa shape index (κ3) is 25.0. The van der Waals surface area contributed by atoms with Crippen molar-refractivity contribution in [2.75, 3.05) is 78.0 Å². The van der Waals surface area contributed by atoms with Gasteiger partial charge in [0.15, 0.2) is 7.38 Å². The maximum absolute atomic E-state index is 11.8. The largest absolute Gasteiger partial charge is 0.508 e. The number of phenolic OH excluding ortho intramolecular Hbond substituents is 4. The molecule has 22 heteroatoms. The van der Waals surface area contributed by atoms with Crippen LogP contribution in [0.25, 0.3) is 108 Å². The number of hydrogen-bond donors (Lipinski definition) is 7. The molecular formula is C107H110Br3ClO17Si. The molecule has 672 valence electrons. The smallest absolute Gasteiger partial charge is 0.338 e. The SMILES string of the molecule is Brc1ccc2c(ccc3cc(Br)ccc32)c1.C=C(C)C(=O)O.C=C(C)C(=O)OCC1(COc2ccc3c(ccc4cc(OC(=O)C(=C)C)ccc43)c2)COC1.CC(C)[Si](Cl)(C(C)C)C(C)C.Cc1ccc2c(ccc3cc(O)ccc32)c1.OCC1(CBr)COC1.OCC1(COc2ccc3c(ccc4cc(O)ccc43)c2)COC1.Oc1ccc2c(ccc3cc(O)ccc32)c1. The number of carboxylic acids is 1. The van der Waals surface area contributed by atoms with E-state index < -0.39 is 25.3 Å². The van der Waals surface area contributed by atoms with E-state index in [-0.39, 0.29) is 58.9 Å². The number of aryl methyl sites for hydroxylation is 1. The zero-order valence-corrected chi connectivity index (χ0v) is 80.7. The minimum Gasteiger partial charge on any atom is -0.508 e. The second kappa shape index (κ2) is 44.1. The Bertz CT molecular complexity index is 6090. The second-order valence-corrected chi connectivity index (χ2v) is 43.9. The molecule has 15 aromatic rings. The Labute approximate surface area is 783 Å². The number of carboxylic acid groups (broad SMARTS) is 1. The number of aliphatic hydroxyl groups is 2. The maximum Gasteiger partial charge on any atom is 0.338 e. The Hall–Kier alpha value is -10.9. The molecule has 0 spiro atoms. The number of alkyl halides is 1. The van der Waals surface area contributed by atoms with Crippen LogP contribution in [0.15, 0.2) is 288 Å². The van der Waals surface area contributed by atoms with Gasteiger partial charge in [-0.05, 0) is 261 Å². The maximum atomic E-state index is 11.8. The molecule has 17 nitrogen and oxygen atoms in total. The van der Waals surface area contributed by atoms with Gasteiger partial charge < -0.3 is 68.9 Å². The minimum atomic E-state index is -1.51. The third-order valence-electron chi connectivity index (χ3n) is 23.0. The summed E-state index contributed by atoms with van der Waals surface area (Å²) in [5, 5.41) is 87.2. The van der Waals surface area contributed by atoms with E-state index in [1.807, 2.05) is 109 Å². The molecule has 0 unspecified atom stereocenters. The van der Waals surface area contributed by atoms with Crippen LogP contribution in [-0.2, 0) is 33.3 Å². The van der Waals surface area contributed by atoms with Crippen LogP contribution in [0.4, 0.5) is 0 Å². The fourth-order valence-corrected chi connectivity index (χ4v) is 20.6. The standard InChI is InChI=1S/C27H26O6.C19H18O4.C15H12O.C14H8Br2.C14H10O2.C9H21ClSi.C5H9BrO2.C4H6O2/c1-17(2)25(28)32-16-27(13-30-14-27)15-31-21-7-9-23-19(11-21)5-6-20-12-22(8-10-24(20)23)33-26(29)18(3)4;20-9-19(10-22-11-19)12-23-16-4-6-18-14(8-16)2-1-13-7-15(21)3-5-17(13)18;1-10-2-6-14-11(8-10)3-4-12-9-13(16)5-7-15(12)14;2*15-11-3-5-13-9(7-11)1-2-10-8-12(16)4-6-14(10)13;1-7(2)11(10,8(3)4)9(5)6;6-1-5(2-7)3-8-4-5;1-3(2)4(5)6/h5-12H,1,3,13-16H2,2,4H3;1-8,20-21H,9-12H2;2-9,16H,1H3;1-8H;1-8,15-16H;7-9H,1-6H3;7H,1-4H2;1H2,2H3,(H,5,6). The summed E-state index contributed by atoms with van der Waals surface area (Å²) in [7, 11) is -1.51. The summed E-state index contributed by atoms with van der Waals surface area (Å²) < 4.78 is 40.3. The molecule has 0 bridgehead atoms. The molecule has 0 atom stereocenters. The van der Waals surface area contributed by atoms with Gasteiger partial charge in [-0.1, -0.05) is 248 Å². The summed E-state index contributed by atoms with van der Waals surface area (Å²) >= 11 is 17.0. The van der Waals surface area contributed by atoms with Gasteiger partial charge in [-0.2, -0.15) is 11.1 Å². The first-order chi connectivity index (χ1) is 61.5. The molecule has 3 aliphatic heterocycles. The van der Waals surface area contributed by atoms with E-state index in [1.165, 1.54) is 50.2 Å². The van der Waals surface area contributed by atoms with Crippen molar-refractivity contribution in [3.8, 4) is 40.2 Å². The third-order valence-corrected chi connectivity index (χ3v) is 34.5. The average molecular weight is 1970 g/mol. The summed E-state index contributed by atoms with van der Waals surface area (Å²) in [4.78, 5) is 33.1. The van der Waals surface area contributed by atoms with Crippen LogP contribution in [0.3, 0.4) is 0 Å². The second-order valence-electron chi connectivity index (χ2n) is 34.5. The number of ether oxygens (including phenoxy) is 7. The lowest BCUT2D eigenvalue weighted by atomic mass is 9.88. The first-order valence-corrected chi connectivity index (χ1v) is 48.3. The predicted molar refractivity (Wildman–Crippen MR) is 538 cm³/mol. The van der Waals surface area contributed by atoms with Crippen molar-refractivity contribution >= 4 is 192 Å². The first kappa shape index (κ1) is 98.7. The summed E-state index contributed by atoms with van der Waals surface area (Å²) in [5.41, 5.74) is 3.68. The van der Waals surface area contributed by atoms with E-state index in [0.29, 0.717) is 92.1 Å². The van der Waals surface area contributed by atoms with Gasteiger partial charge in [-0.3, -0.25) is 0 Å². The fourth-order valence-electron chi connectivity index (χ4n) is 15.4. The highest BCUT2D eigenvalue weighted by Gasteiger charge is 2.43. The number of halogens is 4. The first-order valence-electron chi connectivity index (χ1n) is 42.4. The molecular weight excluding hydrogens is 1860 g/mol. The van der Waals surface area contributed by atoms with Crippen LogP contribution in [0.2, 0.25) is 16.6 Å². The van der Waals surface area contributed by atoms with Gasteiger partial charge in [0.1, 0.15) is 60.1 Å². The number of aliphatic hydroxyl groups excluding tert-OH is 2. The molecule has 129 heavy (non-hydrogen) atoms. The van der Waals surface area contributed by atoms with Gasteiger partial charge in [0, 0.05) is 36.4 Å². The number of fused-ring (bicyclic) bond motifs is 15. The lowest BCUT2D eigenvalue weighted by Gasteiger charge is -2.40. The molecule has 7 N–H and O–H groups in total. The molecule has 3 heterocycles. The molecule has 0 amide bonds. The van der Waals surface area contributed by atoms with E-state index >= 15 is 0 Å². The Morgan fingerprint density at radius 3 is 0.922 bits per heavy atom. The lowest BCUT2D eigenvalue weighted by molar-refractivity contribution is -0.174. The molecule has 15 aromatic carbocycles. The molecule has 18 rings (SSSR count). The van der Waals surface area contributed by atoms with Crippen molar-refractivity contribution in [2.45, 2.75) is 85.9 Å². The Morgan fingerprint density at radius 2 is 0.651 bits per heavy atom. The van der Waals surface area contributed by atoms with Gasteiger partial charge in [-0.25, -0.2) is 14.4 Å². The van der Waals surface area contributed by atoms with Gasteiger partial charge >= 0.3 is 17.9 Å². The highest BCUT2D eigenvalue weighted by Crippen LogP contribution is 2.45. The van der Waals surface area contributed by atoms with E-state index in [2.05, 4.69) is 195 Å². The molecule has 0 saturated carbocycles. The lowest BCUT2D eigenvalue weighted by Crippen LogP contribution is -2.51. The van der Waals surface area contributed by atoms with E-state index in [1.54, 1.807) is 68.4 Å². The van der Waals surface area contributed by atoms with Crippen LogP contribution in [-0.4, -0.2) is 139 Å². The predicted octanol–water partition coefficient (Wildman–Crippen LogP) is 26.4. The minimum absolute atomic E-state index is 0.0556. The van der Waals surface area contributed by atoms with Crippen molar-refractivity contribution < 1.29 is 83.3 Å². The van der Waals surface area contributed by atoms with E-state index in [0.717, 1.165) is 95.8 Å². The van der Waals surface area contributed by atoms with Gasteiger partial charge in [0.25, 0.3) is 0 Å². The number of phenols is 4. The topological polar surface area (TPSA) is 257 Å². The number of aromatic hydroxyl groups is 4. The van der Waals surface area contributed by atoms with E-state index in [4.69, 9.17) is 54.5 Å². The van der Waals surface area contributed by atoms with Gasteiger partial charge in [0.2, 0.25) is 0 Å². The Morgan fingerprint density at radius 1 is 0.380 bits per heavy atom. The molecule has 0 aromatic heterocycles. The number of esters is 2. The van der Waals surface area contributed by atoms with E-state index in [9.17, 15) is 39.9 Å². The van der Waals surface area contributed by atoms with Crippen molar-refractivity contribution in [1.29, 1.82) is 0 Å². The Kier molecular flexibility index (Phi) is 33.7. The summed E-state index contributed by atoms with van der Waals surface area (Å²) in [6.07, 6.45) is 0. The van der Waals surface area contributed by atoms with Gasteiger partial charge in [-0.15, -0.1) is 0 Å². The number of carbonyl (C=O) groups is 3. The zero-order valence-electron chi connectivity index (χ0n) is 74.2. The highest BCUT2D eigenvalue weighted by atomic mass is 79.9. The van der Waals surface area contributed by atoms with Crippen LogP contribution in [0, 0.1) is 23.2 Å². The number of hydrogen-bond acceptors (Lipinski definition) is 16. The van der Waals surface area contributed by atoms with Crippen molar-refractivity contribution in [3.63, 3.8) is 0 Å². The van der Waals surface area contributed by atoms with Crippen LogP contribution >= 0.6 is 58.9 Å². The quantitative estimate of drug-likeness (QED) is 0.00801. The van der Waals surface area contributed by atoms with Crippen molar-refractivity contribution in [1.82, 2.24) is 0 Å². The molecule has 3 saturated heterocycles. The summed E-state index contributed by atoms with van der Waals surface area (Å²) in [6.45, 7) is 35.6. The molecule has 3 aliphatic rings. The number of benzene rings is 15. The zero-order chi connectivity index (χ0) is 93.2. The van der Waals surface area contributed by atoms with Crippen LogP contribution in [0.1, 0.15) is 67.9 Å². The molecule has 0 aliphatic carbocycles. The normalized spacial score (nSPS) is 13.8. The van der Waals surface area contributed by atoms with Crippen LogP contribution < -0.4 is 14.2 Å². The summed E-state index contributed by atoms with van der Waals surface area (Å²) in [6, 6.07) is 78.6. The monoisotopic (exact) mass is 1970 g/mol. The van der Waals surface area contributed by atoms with Crippen molar-refractivity contribution in [3.05, 3.63) is 294 Å². The van der Waals surface area contributed by atoms with Crippen molar-refractivity contribution in [2.24, 2.45) is 16.2 Å². The number of rotatable bonds is 18. The summed E-state index contributed by atoms with van der Waals surface area (Å²) in [5.74, 6) is 1.34. The average Bonchev–Trinajstić information content (AvgIpc) is 0.790. The number of aliphatic carboxylic acids is 1.